The van der Waals surface area contributed by atoms with E-state index in [2.05, 4.69) is 36.4 Å². The lowest BCUT2D eigenvalue weighted by atomic mass is 9.92. The van der Waals surface area contributed by atoms with Crippen LogP contribution in [-0.2, 0) is 16.8 Å². The van der Waals surface area contributed by atoms with Crippen molar-refractivity contribution in [1.82, 2.24) is 20.1 Å². The molecule has 1 atom stereocenters. The second-order valence-corrected chi connectivity index (χ2v) is 10.5. The lowest BCUT2D eigenvalue weighted by Gasteiger charge is -2.14. The molecule has 7 nitrogen and oxygen atoms in total. The highest BCUT2D eigenvalue weighted by Crippen LogP contribution is 2.25. The van der Waals surface area contributed by atoms with Crippen LogP contribution >= 0.6 is 11.6 Å². The van der Waals surface area contributed by atoms with Gasteiger partial charge >= 0.3 is 0 Å². The van der Waals surface area contributed by atoms with Crippen LogP contribution in [0.3, 0.4) is 0 Å². The molecule has 0 spiro atoms. The largest absolute Gasteiger partial charge is 0.350 e. The first kappa shape index (κ1) is 27.0. The fourth-order valence-corrected chi connectivity index (χ4v) is 3.93. The van der Waals surface area contributed by atoms with E-state index in [1.165, 1.54) is 30.5 Å². The normalized spacial score (nSPS) is 12.2. The van der Waals surface area contributed by atoms with Crippen LogP contribution in [0.1, 0.15) is 61.1 Å². The van der Waals surface area contributed by atoms with Crippen molar-refractivity contribution >= 4 is 29.1 Å². The van der Waals surface area contributed by atoms with Crippen LogP contribution in [-0.4, -0.2) is 26.6 Å². The highest BCUT2D eigenvalue weighted by molar-refractivity contribution is 6.30. The highest BCUT2D eigenvalue weighted by Gasteiger charge is 2.22. The summed E-state index contributed by atoms with van der Waals surface area (Å²) in [6.45, 7) is 8.29. The molecule has 0 saturated carbocycles. The van der Waals surface area contributed by atoms with Crippen LogP contribution in [0.25, 0.3) is 5.69 Å². The number of anilines is 1. The average molecular weight is 534 g/mol. The molecule has 0 aliphatic carbocycles. The number of aromatic nitrogens is 3. The van der Waals surface area contributed by atoms with Crippen LogP contribution < -0.4 is 10.6 Å². The van der Waals surface area contributed by atoms with Crippen molar-refractivity contribution in [2.45, 2.75) is 45.6 Å². The van der Waals surface area contributed by atoms with Gasteiger partial charge in [-0.25, -0.2) is 9.07 Å². The van der Waals surface area contributed by atoms with Gasteiger partial charge in [-0.15, -0.1) is 0 Å². The van der Waals surface area contributed by atoms with Crippen LogP contribution in [0.2, 0.25) is 5.02 Å². The minimum Gasteiger partial charge on any atom is -0.350 e. The van der Waals surface area contributed by atoms with Gasteiger partial charge in [0, 0.05) is 22.3 Å². The standard InChI is InChI=1S/C29H29ClFN5O2/c1-18(19-8-13-25(32-16-19)28(38)34-22-11-9-21(31)10-12-22)27(37)33-17-24-15-26(29(2,3)4)35-36(24)23-7-5-6-20(30)14-23/h5-16,18H,17H2,1-4H3,(H,33,37)(H,34,38). The number of halogens is 2. The zero-order valence-corrected chi connectivity index (χ0v) is 22.4. The van der Waals surface area contributed by atoms with Gasteiger partial charge in [-0.1, -0.05) is 44.5 Å². The number of hydrogen-bond donors (Lipinski definition) is 2. The lowest BCUT2D eigenvalue weighted by molar-refractivity contribution is -0.122. The zero-order valence-electron chi connectivity index (χ0n) is 21.6. The van der Waals surface area contributed by atoms with Gasteiger partial charge in [-0.05, 0) is 67.1 Å². The summed E-state index contributed by atoms with van der Waals surface area (Å²) in [5.41, 5.74) is 3.67. The number of carbonyl (C=O) groups is 2. The Balaban J connectivity index is 1.44. The Morgan fingerprint density at radius 1 is 1.05 bits per heavy atom. The quantitative estimate of drug-likeness (QED) is 0.303. The summed E-state index contributed by atoms with van der Waals surface area (Å²) in [5, 5.41) is 11.0. The van der Waals surface area contributed by atoms with Crippen molar-refractivity contribution in [2.24, 2.45) is 0 Å². The molecule has 2 N–H and O–H groups in total. The molecule has 2 amide bonds. The highest BCUT2D eigenvalue weighted by atomic mass is 35.5. The van der Waals surface area contributed by atoms with Gasteiger partial charge in [-0.3, -0.25) is 14.6 Å². The number of rotatable bonds is 7. The van der Waals surface area contributed by atoms with E-state index >= 15 is 0 Å². The molecule has 0 bridgehead atoms. The van der Waals surface area contributed by atoms with E-state index in [4.69, 9.17) is 16.7 Å². The molecule has 0 fully saturated rings. The third kappa shape index (κ3) is 6.44. The smallest absolute Gasteiger partial charge is 0.274 e. The first-order chi connectivity index (χ1) is 18.0. The minimum absolute atomic E-state index is 0.174. The van der Waals surface area contributed by atoms with Crippen molar-refractivity contribution in [3.63, 3.8) is 0 Å². The zero-order chi connectivity index (χ0) is 27.4. The molecule has 2 aromatic heterocycles. The summed E-state index contributed by atoms with van der Waals surface area (Å²) >= 11 is 6.20. The second kappa shape index (κ2) is 11.1. The van der Waals surface area contributed by atoms with Gasteiger partial charge in [0.05, 0.1) is 29.5 Å². The number of nitrogens with one attached hydrogen (secondary N) is 2. The van der Waals surface area contributed by atoms with Gasteiger partial charge in [0.2, 0.25) is 5.91 Å². The summed E-state index contributed by atoms with van der Waals surface area (Å²) in [5.74, 6) is -1.50. The molecule has 4 aromatic rings. The second-order valence-electron chi connectivity index (χ2n) is 10.0. The molecule has 196 valence electrons. The van der Waals surface area contributed by atoms with Gasteiger partial charge in [0.15, 0.2) is 0 Å². The van der Waals surface area contributed by atoms with Crippen LogP contribution in [0, 0.1) is 5.82 Å². The van der Waals surface area contributed by atoms with E-state index < -0.39 is 11.8 Å². The maximum Gasteiger partial charge on any atom is 0.274 e. The molecule has 2 aromatic carbocycles. The number of hydrogen-bond acceptors (Lipinski definition) is 4. The Kier molecular flexibility index (Phi) is 7.92. The van der Waals surface area contributed by atoms with Gasteiger partial charge in [-0.2, -0.15) is 5.10 Å². The van der Waals surface area contributed by atoms with Crippen molar-refractivity contribution in [1.29, 1.82) is 0 Å². The van der Waals surface area contributed by atoms with E-state index in [1.807, 2.05) is 24.3 Å². The number of nitrogens with zero attached hydrogens (tertiary/aromatic N) is 3. The van der Waals surface area contributed by atoms with Crippen LogP contribution in [0.15, 0.2) is 72.9 Å². The van der Waals surface area contributed by atoms with Crippen LogP contribution in [0.5, 0.6) is 0 Å². The fourth-order valence-electron chi connectivity index (χ4n) is 3.75. The summed E-state index contributed by atoms with van der Waals surface area (Å²) in [6, 6.07) is 18.1. The number of amides is 2. The Hall–Kier alpha value is -4.04. The van der Waals surface area contributed by atoms with Crippen molar-refractivity contribution in [3.05, 3.63) is 106 Å². The maximum absolute atomic E-state index is 13.1. The first-order valence-corrected chi connectivity index (χ1v) is 12.5. The minimum atomic E-state index is -0.499. The summed E-state index contributed by atoms with van der Waals surface area (Å²) in [7, 11) is 0. The Labute approximate surface area is 226 Å². The molecule has 9 heteroatoms. The predicted molar refractivity (Wildman–Crippen MR) is 146 cm³/mol. The third-order valence-electron chi connectivity index (χ3n) is 6.06. The van der Waals surface area contributed by atoms with E-state index in [1.54, 1.807) is 29.8 Å². The molecule has 0 saturated heterocycles. The molecule has 2 heterocycles. The van der Waals surface area contributed by atoms with E-state index in [0.717, 1.165) is 17.1 Å². The van der Waals surface area contributed by atoms with Crippen molar-refractivity contribution in [2.75, 3.05) is 5.32 Å². The summed E-state index contributed by atoms with van der Waals surface area (Å²) < 4.78 is 14.9. The molecule has 0 aliphatic rings. The third-order valence-corrected chi connectivity index (χ3v) is 6.30. The molecule has 0 aliphatic heterocycles. The fraction of sp³-hybridized carbons (Fsp3) is 0.241. The lowest BCUT2D eigenvalue weighted by Crippen LogP contribution is -2.28. The molecule has 0 radical (unpaired) electrons. The summed E-state index contributed by atoms with van der Waals surface area (Å²) in [4.78, 5) is 29.7. The Morgan fingerprint density at radius 2 is 1.79 bits per heavy atom. The van der Waals surface area contributed by atoms with Crippen molar-refractivity contribution in [3.8, 4) is 5.69 Å². The SMILES string of the molecule is CC(C(=O)NCc1cc(C(C)(C)C)nn1-c1cccc(Cl)c1)c1ccc(C(=O)Nc2ccc(F)cc2)nc1. The van der Waals surface area contributed by atoms with Crippen LogP contribution in [0.4, 0.5) is 10.1 Å². The molecule has 38 heavy (non-hydrogen) atoms. The molecular weight excluding hydrogens is 505 g/mol. The number of carbonyl (C=O) groups excluding carboxylic acids is 2. The first-order valence-electron chi connectivity index (χ1n) is 12.2. The van der Waals surface area contributed by atoms with Gasteiger partial charge in [0.25, 0.3) is 5.91 Å². The average Bonchev–Trinajstić information content (AvgIpc) is 3.33. The molecule has 4 rings (SSSR count). The monoisotopic (exact) mass is 533 g/mol. The topological polar surface area (TPSA) is 88.9 Å². The molecular formula is C29H29ClFN5O2. The van der Waals surface area contributed by atoms with E-state index in [0.29, 0.717) is 16.3 Å². The maximum atomic E-state index is 13.1. The predicted octanol–water partition coefficient (Wildman–Crippen LogP) is 6.03. The summed E-state index contributed by atoms with van der Waals surface area (Å²) in [6.07, 6.45) is 1.51. The van der Waals surface area contributed by atoms with E-state index in [9.17, 15) is 14.0 Å². The van der Waals surface area contributed by atoms with Gasteiger partial charge < -0.3 is 10.6 Å². The molecule has 1 unspecified atom stereocenters. The van der Waals surface area contributed by atoms with E-state index in [-0.39, 0.29) is 29.4 Å². The van der Waals surface area contributed by atoms with Crippen molar-refractivity contribution < 1.29 is 14.0 Å². The number of benzene rings is 2. The Bertz CT molecular complexity index is 1440. The number of pyridine rings is 1. The Morgan fingerprint density at radius 3 is 2.42 bits per heavy atom. The van der Waals surface area contributed by atoms with Gasteiger partial charge in [0.1, 0.15) is 11.5 Å².